The Morgan fingerprint density at radius 1 is 1.00 bits per heavy atom. The lowest BCUT2D eigenvalue weighted by Gasteiger charge is -2.17. The predicted octanol–water partition coefficient (Wildman–Crippen LogP) is 2.25. The standard InChI is InChI=1S/C15H16O4/c16-9-11(14-6-1-2-7-15(14)18)10-19-13-5-3-4-12(17)8-13/h1-8,11,16-18H,9-10H2. The lowest BCUT2D eigenvalue weighted by atomic mass is 10.00. The molecule has 2 aromatic rings. The van der Waals surface area contributed by atoms with E-state index >= 15 is 0 Å². The number of hydrogen-bond donors (Lipinski definition) is 3. The van der Waals surface area contributed by atoms with E-state index in [9.17, 15) is 15.3 Å². The highest BCUT2D eigenvalue weighted by molar-refractivity contribution is 5.36. The lowest BCUT2D eigenvalue weighted by molar-refractivity contribution is 0.202. The number of aromatic hydroxyl groups is 2. The SMILES string of the molecule is OCC(COc1cccc(O)c1)c1ccccc1O. The highest BCUT2D eigenvalue weighted by atomic mass is 16.5. The van der Waals surface area contributed by atoms with Crippen LogP contribution >= 0.6 is 0 Å². The van der Waals surface area contributed by atoms with E-state index in [-0.39, 0.29) is 30.6 Å². The van der Waals surface area contributed by atoms with Gasteiger partial charge in [0, 0.05) is 17.5 Å². The Morgan fingerprint density at radius 2 is 1.79 bits per heavy atom. The summed E-state index contributed by atoms with van der Waals surface area (Å²) in [5, 5.41) is 28.5. The van der Waals surface area contributed by atoms with Crippen LogP contribution in [0.2, 0.25) is 0 Å². The van der Waals surface area contributed by atoms with E-state index in [1.807, 2.05) is 0 Å². The summed E-state index contributed by atoms with van der Waals surface area (Å²) in [4.78, 5) is 0. The summed E-state index contributed by atoms with van der Waals surface area (Å²) in [6.45, 7) is 0.0912. The van der Waals surface area contributed by atoms with E-state index in [1.54, 1.807) is 42.5 Å². The van der Waals surface area contributed by atoms with Gasteiger partial charge >= 0.3 is 0 Å². The highest BCUT2D eigenvalue weighted by Gasteiger charge is 2.15. The minimum absolute atomic E-state index is 0.126. The number of phenols is 2. The minimum atomic E-state index is -0.316. The zero-order chi connectivity index (χ0) is 13.7. The third-order valence-electron chi connectivity index (χ3n) is 2.87. The van der Waals surface area contributed by atoms with Crippen molar-refractivity contribution in [3.8, 4) is 17.2 Å². The first-order valence-corrected chi connectivity index (χ1v) is 6.01. The molecule has 0 aromatic heterocycles. The molecule has 0 aliphatic heterocycles. The average molecular weight is 260 g/mol. The van der Waals surface area contributed by atoms with Crippen molar-refractivity contribution in [2.45, 2.75) is 5.92 Å². The second-order valence-electron chi connectivity index (χ2n) is 4.25. The van der Waals surface area contributed by atoms with Crippen molar-refractivity contribution in [3.63, 3.8) is 0 Å². The Kier molecular flexibility index (Phi) is 4.26. The normalized spacial score (nSPS) is 12.1. The Morgan fingerprint density at radius 3 is 2.47 bits per heavy atom. The van der Waals surface area contributed by atoms with Crippen molar-refractivity contribution >= 4 is 0 Å². The van der Waals surface area contributed by atoms with E-state index in [1.165, 1.54) is 6.07 Å². The molecule has 4 heteroatoms. The van der Waals surface area contributed by atoms with E-state index < -0.39 is 0 Å². The number of phenolic OH excluding ortho intramolecular Hbond substituents is 2. The highest BCUT2D eigenvalue weighted by Crippen LogP contribution is 2.26. The van der Waals surface area contributed by atoms with Crippen molar-refractivity contribution in [3.05, 3.63) is 54.1 Å². The van der Waals surface area contributed by atoms with Gasteiger partial charge in [-0.25, -0.2) is 0 Å². The maximum atomic E-state index is 9.75. The maximum Gasteiger partial charge on any atom is 0.123 e. The van der Waals surface area contributed by atoms with Crippen LogP contribution in [-0.2, 0) is 0 Å². The molecular formula is C15H16O4. The molecule has 3 N–H and O–H groups in total. The third kappa shape index (κ3) is 3.39. The van der Waals surface area contributed by atoms with Crippen molar-refractivity contribution in [2.75, 3.05) is 13.2 Å². The quantitative estimate of drug-likeness (QED) is 0.771. The maximum absolute atomic E-state index is 9.75. The van der Waals surface area contributed by atoms with Gasteiger partial charge in [0.2, 0.25) is 0 Å². The van der Waals surface area contributed by atoms with Crippen LogP contribution in [0.25, 0.3) is 0 Å². The van der Waals surface area contributed by atoms with Crippen LogP contribution in [0.5, 0.6) is 17.2 Å². The summed E-state index contributed by atoms with van der Waals surface area (Å²) < 4.78 is 5.52. The molecule has 2 aromatic carbocycles. The smallest absolute Gasteiger partial charge is 0.123 e. The van der Waals surface area contributed by atoms with Crippen molar-refractivity contribution < 1.29 is 20.1 Å². The Balaban J connectivity index is 2.06. The number of para-hydroxylation sites is 1. The number of benzene rings is 2. The van der Waals surface area contributed by atoms with Crippen LogP contribution in [0.4, 0.5) is 0 Å². The fraction of sp³-hybridized carbons (Fsp3) is 0.200. The van der Waals surface area contributed by atoms with Gasteiger partial charge in [-0.1, -0.05) is 24.3 Å². The first-order chi connectivity index (χ1) is 9.20. The summed E-state index contributed by atoms with van der Waals surface area (Å²) >= 11 is 0. The molecule has 0 aliphatic carbocycles. The molecule has 0 saturated heterocycles. The summed E-state index contributed by atoms with van der Waals surface area (Å²) in [7, 11) is 0. The van der Waals surface area contributed by atoms with Crippen molar-refractivity contribution in [1.29, 1.82) is 0 Å². The van der Waals surface area contributed by atoms with Gasteiger partial charge in [0.15, 0.2) is 0 Å². The molecule has 0 saturated carbocycles. The first kappa shape index (κ1) is 13.2. The molecule has 0 spiro atoms. The zero-order valence-corrected chi connectivity index (χ0v) is 10.4. The van der Waals surface area contributed by atoms with Crippen LogP contribution in [0.1, 0.15) is 11.5 Å². The average Bonchev–Trinajstić information content (AvgIpc) is 2.41. The molecular weight excluding hydrogens is 244 g/mol. The van der Waals surface area contributed by atoms with Gasteiger partial charge in [0.1, 0.15) is 17.2 Å². The summed E-state index contributed by atoms with van der Waals surface area (Å²) in [5.74, 6) is 0.471. The largest absolute Gasteiger partial charge is 0.508 e. The summed E-state index contributed by atoms with van der Waals surface area (Å²) in [5.41, 5.74) is 0.644. The molecule has 4 nitrogen and oxygen atoms in total. The molecule has 0 radical (unpaired) electrons. The zero-order valence-electron chi connectivity index (χ0n) is 10.4. The van der Waals surface area contributed by atoms with E-state index in [0.717, 1.165) is 0 Å². The van der Waals surface area contributed by atoms with Gasteiger partial charge in [0.05, 0.1) is 13.2 Å². The van der Waals surface area contributed by atoms with Crippen molar-refractivity contribution in [1.82, 2.24) is 0 Å². The van der Waals surface area contributed by atoms with E-state index in [0.29, 0.717) is 11.3 Å². The van der Waals surface area contributed by atoms with E-state index in [2.05, 4.69) is 0 Å². The number of aliphatic hydroxyl groups is 1. The van der Waals surface area contributed by atoms with Crippen LogP contribution in [0.3, 0.4) is 0 Å². The lowest BCUT2D eigenvalue weighted by Crippen LogP contribution is -2.14. The number of aliphatic hydroxyl groups excluding tert-OH is 1. The van der Waals surface area contributed by atoms with Crippen LogP contribution in [0.15, 0.2) is 48.5 Å². The fourth-order valence-corrected chi connectivity index (χ4v) is 1.84. The summed E-state index contributed by atoms with van der Waals surface area (Å²) in [6, 6.07) is 13.3. The number of hydrogen-bond acceptors (Lipinski definition) is 4. The summed E-state index contributed by atoms with van der Waals surface area (Å²) in [6.07, 6.45) is 0. The first-order valence-electron chi connectivity index (χ1n) is 6.01. The number of ether oxygens (including phenoxy) is 1. The third-order valence-corrected chi connectivity index (χ3v) is 2.87. The molecule has 0 aliphatic rings. The van der Waals surface area contributed by atoms with E-state index in [4.69, 9.17) is 4.74 Å². The molecule has 0 amide bonds. The Hall–Kier alpha value is -2.20. The van der Waals surface area contributed by atoms with Gasteiger partial charge in [-0.2, -0.15) is 0 Å². The Bertz CT molecular complexity index is 539. The minimum Gasteiger partial charge on any atom is -0.508 e. The van der Waals surface area contributed by atoms with Crippen molar-refractivity contribution in [2.24, 2.45) is 0 Å². The van der Waals surface area contributed by atoms with Crippen LogP contribution < -0.4 is 4.74 Å². The molecule has 100 valence electrons. The molecule has 0 fully saturated rings. The molecule has 19 heavy (non-hydrogen) atoms. The topological polar surface area (TPSA) is 69.9 Å². The monoisotopic (exact) mass is 260 g/mol. The van der Waals surface area contributed by atoms with Gasteiger partial charge in [0.25, 0.3) is 0 Å². The van der Waals surface area contributed by atoms with Crippen LogP contribution in [-0.4, -0.2) is 28.5 Å². The second kappa shape index (κ2) is 6.11. The molecule has 1 atom stereocenters. The second-order valence-corrected chi connectivity index (χ2v) is 4.25. The van der Waals surface area contributed by atoms with Gasteiger partial charge in [-0.05, 0) is 18.2 Å². The molecule has 0 heterocycles. The fourth-order valence-electron chi connectivity index (χ4n) is 1.84. The van der Waals surface area contributed by atoms with Gasteiger partial charge in [-0.15, -0.1) is 0 Å². The van der Waals surface area contributed by atoms with Crippen LogP contribution in [0, 0.1) is 0 Å². The Labute approximate surface area is 111 Å². The molecule has 0 bridgehead atoms. The number of rotatable bonds is 5. The van der Waals surface area contributed by atoms with Gasteiger partial charge < -0.3 is 20.1 Å². The molecule has 2 rings (SSSR count). The van der Waals surface area contributed by atoms with Gasteiger partial charge in [-0.3, -0.25) is 0 Å². The predicted molar refractivity (Wildman–Crippen MR) is 71.5 cm³/mol. The molecule has 1 unspecified atom stereocenters.